The molecule has 106 valence electrons. The van der Waals surface area contributed by atoms with Crippen LogP contribution in [0.4, 0.5) is 0 Å². The van der Waals surface area contributed by atoms with Crippen LogP contribution in [0.5, 0.6) is 5.75 Å². The van der Waals surface area contributed by atoms with E-state index in [4.69, 9.17) is 4.74 Å². The van der Waals surface area contributed by atoms with E-state index in [1.165, 1.54) is 12.0 Å². The van der Waals surface area contributed by atoms with E-state index in [1.807, 2.05) is 12.1 Å². The van der Waals surface area contributed by atoms with Crippen LogP contribution in [-0.2, 0) is 11.3 Å². The highest BCUT2D eigenvalue weighted by atomic mass is 79.9. The van der Waals surface area contributed by atoms with Crippen molar-refractivity contribution < 1.29 is 9.84 Å². The summed E-state index contributed by atoms with van der Waals surface area (Å²) in [7, 11) is 1.79. The van der Waals surface area contributed by atoms with Gasteiger partial charge in [-0.05, 0) is 68.4 Å². The molecule has 0 bridgehead atoms. The van der Waals surface area contributed by atoms with Crippen LogP contribution in [0.15, 0.2) is 21.1 Å². The molecule has 0 aromatic heterocycles. The Morgan fingerprint density at radius 3 is 2.58 bits per heavy atom. The van der Waals surface area contributed by atoms with Crippen LogP contribution in [0.1, 0.15) is 18.9 Å². The lowest BCUT2D eigenvalue weighted by molar-refractivity contribution is -0.00746. The summed E-state index contributed by atoms with van der Waals surface area (Å²) >= 11 is 6.75. The van der Waals surface area contributed by atoms with Crippen molar-refractivity contribution in [2.75, 3.05) is 20.2 Å². The number of rotatable bonds is 3. The van der Waals surface area contributed by atoms with Crippen molar-refractivity contribution in [3.05, 3.63) is 26.6 Å². The highest BCUT2D eigenvalue weighted by Gasteiger charge is 2.26. The summed E-state index contributed by atoms with van der Waals surface area (Å²) in [5, 5.41) is 9.72. The average Bonchev–Trinajstić information content (AvgIpc) is 2.38. The van der Waals surface area contributed by atoms with Gasteiger partial charge in [0.2, 0.25) is 0 Å². The Labute approximate surface area is 131 Å². The number of piperidine rings is 1. The van der Waals surface area contributed by atoms with Gasteiger partial charge in [-0.25, -0.2) is 0 Å². The lowest BCUT2D eigenvalue weighted by atomic mass is 9.95. The molecule has 19 heavy (non-hydrogen) atoms. The van der Waals surface area contributed by atoms with Gasteiger partial charge in [0.25, 0.3) is 0 Å². The fourth-order valence-electron chi connectivity index (χ4n) is 2.52. The van der Waals surface area contributed by atoms with Crippen LogP contribution in [0.3, 0.4) is 0 Å². The minimum Gasteiger partial charge on any atom is -0.506 e. The molecule has 2 unspecified atom stereocenters. The summed E-state index contributed by atoms with van der Waals surface area (Å²) in [6.07, 6.45) is 1.48. The van der Waals surface area contributed by atoms with Crippen molar-refractivity contribution in [1.82, 2.24) is 4.90 Å². The largest absolute Gasteiger partial charge is 0.506 e. The van der Waals surface area contributed by atoms with Gasteiger partial charge in [-0.15, -0.1) is 0 Å². The monoisotopic (exact) mass is 391 g/mol. The summed E-state index contributed by atoms with van der Waals surface area (Å²) in [5.41, 5.74) is 1.18. The van der Waals surface area contributed by atoms with Gasteiger partial charge in [-0.3, -0.25) is 4.90 Å². The normalized spacial score (nSPS) is 24.6. The first-order valence-electron chi connectivity index (χ1n) is 6.43. The molecule has 1 N–H and O–H groups in total. The summed E-state index contributed by atoms with van der Waals surface area (Å²) in [5.74, 6) is 0.880. The SMILES string of the molecule is COC1CN(Cc2cc(Br)c(O)c(Br)c2)CCC1C. The Morgan fingerprint density at radius 2 is 2.00 bits per heavy atom. The molecule has 1 heterocycles. The third-order valence-electron chi connectivity index (χ3n) is 3.76. The topological polar surface area (TPSA) is 32.7 Å². The second-order valence-electron chi connectivity index (χ2n) is 5.18. The predicted molar refractivity (Wildman–Crippen MR) is 83.4 cm³/mol. The standard InChI is InChI=1S/C14H19Br2NO2/c1-9-3-4-17(8-13(9)19-2)7-10-5-11(15)14(18)12(16)6-10/h5-6,9,13,18H,3-4,7-8H2,1-2H3. The summed E-state index contributed by atoms with van der Waals surface area (Å²) < 4.78 is 6.99. The van der Waals surface area contributed by atoms with Gasteiger partial charge in [0.1, 0.15) is 5.75 Å². The zero-order valence-corrected chi connectivity index (χ0v) is 14.4. The van der Waals surface area contributed by atoms with Crippen LogP contribution in [0.25, 0.3) is 0 Å². The third-order valence-corrected chi connectivity index (χ3v) is 4.97. The lowest BCUT2D eigenvalue weighted by Crippen LogP contribution is -2.43. The third kappa shape index (κ3) is 3.72. The Hall–Kier alpha value is -0.100. The van der Waals surface area contributed by atoms with Crippen molar-refractivity contribution >= 4 is 31.9 Å². The molecular weight excluding hydrogens is 374 g/mol. The molecule has 2 rings (SSSR count). The molecular formula is C14H19Br2NO2. The fraction of sp³-hybridized carbons (Fsp3) is 0.571. The molecule has 0 amide bonds. The van der Waals surface area contributed by atoms with Gasteiger partial charge in [-0.2, -0.15) is 0 Å². The highest BCUT2D eigenvalue weighted by molar-refractivity contribution is 9.11. The highest BCUT2D eigenvalue weighted by Crippen LogP contribution is 2.34. The van der Waals surface area contributed by atoms with E-state index in [0.29, 0.717) is 12.0 Å². The van der Waals surface area contributed by atoms with Gasteiger partial charge < -0.3 is 9.84 Å². The smallest absolute Gasteiger partial charge is 0.143 e. The minimum absolute atomic E-state index is 0.255. The lowest BCUT2D eigenvalue weighted by Gasteiger charge is -2.36. The van der Waals surface area contributed by atoms with E-state index < -0.39 is 0 Å². The maximum absolute atomic E-state index is 9.72. The average molecular weight is 393 g/mol. The molecule has 1 aliphatic heterocycles. The van der Waals surface area contributed by atoms with Crippen molar-refractivity contribution in [3.8, 4) is 5.75 Å². The molecule has 0 spiro atoms. The molecule has 0 radical (unpaired) electrons. The maximum atomic E-state index is 9.72. The first-order chi connectivity index (χ1) is 9.01. The van der Waals surface area contributed by atoms with Crippen molar-refractivity contribution in [3.63, 3.8) is 0 Å². The van der Waals surface area contributed by atoms with Gasteiger partial charge in [-0.1, -0.05) is 6.92 Å². The molecule has 1 fully saturated rings. The molecule has 0 saturated carbocycles. The number of nitrogens with zero attached hydrogens (tertiary/aromatic N) is 1. The van der Waals surface area contributed by atoms with Crippen molar-refractivity contribution in [1.29, 1.82) is 0 Å². The summed E-state index contributed by atoms with van der Waals surface area (Å²) in [4.78, 5) is 2.40. The first kappa shape index (κ1) is 15.3. The van der Waals surface area contributed by atoms with E-state index in [9.17, 15) is 5.11 Å². The van der Waals surface area contributed by atoms with Crippen LogP contribution < -0.4 is 0 Å². The summed E-state index contributed by atoms with van der Waals surface area (Å²) in [6, 6.07) is 3.94. The minimum atomic E-state index is 0.255. The number of hydrogen-bond acceptors (Lipinski definition) is 3. The Bertz CT molecular complexity index is 430. The maximum Gasteiger partial charge on any atom is 0.143 e. The molecule has 0 aliphatic carbocycles. The van der Waals surface area contributed by atoms with E-state index in [-0.39, 0.29) is 5.75 Å². The Balaban J connectivity index is 2.05. The molecule has 1 aliphatic rings. The molecule has 5 heteroatoms. The summed E-state index contributed by atoms with van der Waals surface area (Å²) in [6.45, 7) is 5.19. The van der Waals surface area contributed by atoms with E-state index >= 15 is 0 Å². The quantitative estimate of drug-likeness (QED) is 0.849. The number of likely N-dealkylation sites (tertiary alicyclic amines) is 1. The second kappa shape index (κ2) is 6.57. The van der Waals surface area contributed by atoms with Gasteiger partial charge >= 0.3 is 0 Å². The molecule has 3 nitrogen and oxygen atoms in total. The van der Waals surface area contributed by atoms with Crippen LogP contribution >= 0.6 is 31.9 Å². The molecule has 1 aromatic rings. The molecule has 1 saturated heterocycles. The first-order valence-corrected chi connectivity index (χ1v) is 8.02. The van der Waals surface area contributed by atoms with Gasteiger partial charge in [0.05, 0.1) is 15.0 Å². The number of phenolic OH excluding ortho intramolecular Hbond substituents is 1. The van der Waals surface area contributed by atoms with E-state index in [0.717, 1.165) is 28.6 Å². The number of methoxy groups -OCH3 is 1. The van der Waals surface area contributed by atoms with Crippen molar-refractivity contribution in [2.24, 2.45) is 5.92 Å². The fourth-order valence-corrected chi connectivity index (χ4v) is 3.80. The van der Waals surface area contributed by atoms with E-state index in [2.05, 4.69) is 43.7 Å². The zero-order valence-electron chi connectivity index (χ0n) is 11.2. The van der Waals surface area contributed by atoms with Crippen LogP contribution in [0, 0.1) is 5.92 Å². The zero-order chi connectivity index (χ0) is 14.0. The number of ether oxygens (including phenoxy) is 1. The second-order valence-corrected chi connectivity index (χ2v) is 6.89. The van der Waals surface area contributed by atoms with Crippen LogP contribution in [-0.4, -0.2) is 36.3 Å². The van der Waals surface area contributed by atoms with Gasteiger partial charge in [0.15, 0.2) is 0 Å². The number of aromatic hydroxyl groups is 1. The number of phenols is 1. The van der Waals surface area contributed by atoms with Crippen LogP contribution in [0.2, 0.25) is 0 Å². The Kier molecular flexibility index (Phi) is 5.29. The van der Waals surface area contributed by atoms with Gasteiger partial charge in [0, 0.05) is 20.2 Å². The molecule has 1 aromatic carbocycles. The number of hydrogen-bond donors (Lipinski definition) is 1. The molecule has 2 atom stereocenters. The van der Waals surface area contributed by atoms with Crippen molar-refractivity contribution in [2.45, 2.75) is 26.0 Å². The predicted octanol–water partition coefficient (Wildman–Crippen LogP) is 3.77. The number of benzene rings is 1. The van der Waals surface area contributed by atoms with E-state index in [1.54, 1.807) is 7.11 Å². The Morgan fingerprint density at radius 1 is 1.37 bits per heavy atom. The number of halogens is 2.